The van der Waals surface area contributed by atoms with Gasteiger partial charge in [0.25, 0.3) is 0 Å². The first-order chi connectivity index (χ1) is 14.4. The Bertz CT molecular complexity index is 830. The van der Waals surface area contributed by atoms with Gasteiger partial charge in [-0.3, -0.25) is 0 Å². The molecule has 0 saturated carbocycles. The van der Waals surface area contributed by atoms with Crippen molar-refractivity contribution in [2.45, 2.75) is 44.7 Å². The second-order valence-electron chi connectivity index (χ2n) is 7.63. The number of ether oxygens (including phenoxy) is 2. The first-order valence-corrected chi connectivity index (χ1v) is 10.1. The maximum atomic E-state index is 15.2. The van der Waals surface area contributed by atoms with Crippen LogP contribution in [0.25, 0.3) is 0 Å². The number of amides is 2. The Morgan fingerprint density at radius 2 is 1.60 bits per heavy atom. The van der Waals surface area contributed by atoms with Gasteiger partial charge in [-0.1, -0.05) is 60.7 Å². The highest BCUT2D eigenvalue weighted by atomic mass is 19.1. The second-order valence-corrected chi connectivity index (χ2v) is 7.63. The third-order valence-electron chi connectivity index (χ3n) is 5.19. The smallest absolute Gasteiger partial charge is 0.410 e. The summed E-state index contributed by atoms with van der Waals surface area (Å²) >= 11 is 0. The number of carbonyl (C=O) groups excluding carboxylic acids is 2. The number of benzene rings is 2. The molecule has 1 N–H and O–H groups in total. The van der Waals surface area contributed by atoms with E-state index in [0.717, 1.165) is 11.1 Å². The van der Waals surface area contributed by atoms with E-state index >= 15 is 4.39 Å². The Kier molecular flexibility index (Phi) is 7.27. The first-order valence-electron chi connectivity index (χ1n) is 10.1. The predicted molar refractivity (Wildman–Crippen MR) is 110 cm³/mol. The van der Waals surface area contributed by atoms with E-state index in [1.165, 1.54) is 11.8 Å². The number of nitrogens with zero attached hydrogens (tertiary/aromatic N) is 1. The molecule has 1 aliphatic heterocycles. The summed E-state index contributed by atoms with van der Waals surface area (Å²) in [6, 6.07) is 17.7. The van der Waals surface area contributed by atoms with Crippen LogP contribution in [0.1, 0.15) is 30.9 Å². The molecular formula is C23H27FN2O4. The van der Waals surface area contributed by atoms with E-state index in [-0.39, 0.29) is 26.2 Å². The Morgan fingerprint density at radius 3 is 2.20 bits per heavy atom. The van der Waals surface area contributed by atoms with Gasteiger partial charge in [0, 0.05) is 13.1 Å². The van der Waals surface area contributed by atoms with Gasteiger partial charge in [-0.2, -0.15) is 0 Å². The average Bonchev–Trinajstić information content (AvgIpc) is 2.90. The van der Waals surface area contributed by atoms with E-state index in [4.69, 9.17) is 9.47 Å². The highest BCUT2D eigenvalue weighted by Gasteiger charge is 2.40. The lowest BCUT2D eigenvalue weighted by Crippen LogP contribution is -2.53. The van der Waals surface area contributed by atoms with Crippen molar-refractivity contribution in [1.82, 2.24) is 10.2 Å². The molecule has 2 atom stereocenters. The zero-order valence-electron chi connectivity index (χ0n) is 17.1. The summed E-state index contributed by atoms with van der Waals surface area (Å²) in [5.41, 5.74) is 0.0399. The van der Waals surface area contributed by atoms with Gasteiger partial charge in [0.1, 0.15) is 18.9 Å². The maximum Gasteiger partial charge on any atom is 0.410 e. The maximum absolute atomic E-state index is 15.2. The van der Waals surface area contributed by atoms with Crippen LogP contribution < -0.4 is 5.32 Å². The van der Waals surface area contributed by atoms with Crippen molar-refractivity contribution in [1.29, 1.82) is 0 Å². The Hall–Kier alpha value is -3.09. The van der Waals surface area contributed by atoms with Crippen molar-refractivity contribution in [3.8, 4) is 0 Å². The van der Waals surface area contributed by atoms with E-state index < -0.39 is 23.9 Å². The Balaban J connectivity index is 1.56. The lowest BCUT2D eigenvalue weighted by atomic mass is 9.94. The molecule has 2 amide bonds. The number of halogens is 1. The second kappa shape index (κ2) is 10.1. The number of nitrogens with one attached hydrogen (secondary N) is 1. The molecular weight excluding hydrogens is 387 g/mol. The van der Waals surface area contributed by atoms with Crippen LogP contribution in [0.4, 0.5) is 14.0 Å². The number of likely N-dealkylation sites (tertiary alicyclic amines) is 1. The van der Waals surface area contributed by atoms with Crippen molar-refractivity contribution >= 4 is 12.2 Å². The fourth-order valence-corrected chi connectivity index (χ4v) is 3.37. The highest BCUT2D eigenvalue weighted by molar-refractivity contribution is 5.69. The molecule has 1 heterocycles. The molecule has 2 unspecified atom stereocenters. The number of carbonyl (C=O) groups is 2. The van der Waals surface area contributed by atoms with Crippen LogP contribution in [0.2, 0.25) is 0 Å². The molecule has 160 valence electrons. The topological polar surface area (TPSA) is 67.9 Å². The van der Waals surface area contributed by atoms with Gasteiger partial charge in [0.2, 0.25) is 0 Å². The molecule has 6 nitrogen and oxygen atoms in total. The van der Waals surface area contributed by atoms with Crippen molar-refractivity contribution in [3.05, 3.63) is 71.8 Å². The summed E-state index contributed by atoms with van der Waals surface area (Å²) < 4.78 is 25.7. The molecule has 3 rings (SSSR count). The molecule has 0 aliphatic carbocycles. The summed E-state index contributed by atoms with van der Waals surface area (Å²) in [4.78, 5) is 26.2. The van der Waals surface area contributed by atoms with Crippen LogP contribution >= 0.6 is 0 Å². The summed E-state index contributed by atoms with van der Waals surface area (Å²) in [6.07, 6.45) is -0.544. The SMILES string of the molecule is CC1(F)CCCN(C(=O)OCc2ccccc2)CC1NC(=O)OCc1ccccc1. The van der Waals surface area contributed by atoms with Crippen LogP contribution in [0.15, 0.2) is 60.7 Å². The number of alkyl halides is 1. The molecule has 2 aromatic rings. The fourth-order valence-electron chi connectivity index (χ4n) is 3.37. The largest absolute Gasteiger partial charge is 0.445 e. The molecule has 1 saturated heterocycles. The number of alkyl carbamates (subject to hydrolysis) is 1. The van der Waals surface area contributed by atoms with Crippen LogP contribution in [-0.2, 0) is 22.7 Å². The summed E-state index contributed by atoms with van der Waals surface area (Å²) in [7, 11) is 0. The van der Waals surface area contributed by atoms with E-state index in [1.807, 2.05) is 60.7 Å². The normalized spacial score (nSPS) is 21.4. The minimum Gasteiger partial charge on any atom is -0.445 e. The molecule has 1 aliphatic rings. The lowest BCUT2D eigenvalue weighted by molar-refractivity contribution is 0.0750. The van der Waals surface area contributed by atoms with Gasteiger partial charge in [-0.15, -0.1) is 0 Å². The molecule has 2 aromatic carbocycles. The Labute approximate surface area is 176 Å². The Morgan fingerprint density at radius 1 is 1.03 bits per heavy atom. The minimum atomic E-state index is -1.67. The van der Waals surface area contributed by atoms with Gasteiger partial charge < -0.3 is 19.7 Å². The van der Waals surface area contributed by atoms with Crippen molar-refractivity contribution < 1.29 is 23.5 Å². The third-order valence-corrected chi connectivity index (χ3v) is 5.19. The first kappa shape index (κ1) is 21.6. The highest BCUT2D eigenvalue weighted by Crippen LogP contribution is 2.27. The van der Waals surface area contributed by atoms with Crippen LogP contribution in [0, 0.1) is 0 Å². The van der Waals surface area contributed by atoms with Crippen molar-refractivity contribution in [2.75, 3.05) is 13.1 Å². The van der Waals surface area contributed by atoms with E-state index in [9.17, 15) is 9.59 Å². The molecule has 0 aromatic heterocycles. The standard InChI is InChI=1S/C23H27FN2O4/c1-23(24)13-8-14-26(22(28)30-17-19-11-6-3-7-12-19)15-20(23)25-21(27)29-16-18-9-4-2-5-10-18/h2-7,9-12,20H,8,13-17H2,1H3,(H,25,27). The lowest BCUT2D eigenvalue weighted by Gasteiger charge is -2.31. The molecule has 0 bridgehead atoms. The number of hydrogen-bond acceptors (Lipinski definition) is 4. The van der Waals surface area contributed by atoms with E-state index in [1.54, 1.807) is 0 Å². The van der Waals surface area contributed by atoms with E-state index in [2.05, 4.69) is 5.32 Å². The zero-order chi connectivity index (χ0) is 21.4. The van der Waals surface area contributed by atoms with Crippen LogP contribution in [-0.4, -0.2) is 41.9 Å². The third kappa shape index (κ3) is 6.20. The van der Waals surface area contributed by atoms with Crippen molar-refractivity contribution in [2.24, 2.45) is 0 Å². The molecule has 0 radical (unpaired) electrons. The van der Waals surface area contributed by atoms with Gasteiger partial charge in [-0.05, 0) is 30.9 Å². The van der Waals surface area contributed by atoms with Gasteiger partial charge in [0.15, 0.2) is 0 Å². The molecule has 7 heteroatoms. The number of hydrogen-bond donors (Lipinski definition) is 1. The monoisotopic (exact) mass is 414 g/mol. The van der Waals surface area contributed by atoms with Gasteiger partial charge >= 0.3 is 12.2 Å². The summed E-state index contributed by atoms with van der Waals surface area (Å²) in [5.74, 6) is 0. The van der Waals surface area contributed by atoms with Crippen molar-refractivity contribution in [3.63, 3.8) is 0 Å². The van der Waals surface area contributed by atoms with Crippen LogP contribution in [0.3, 0.4) is 0 Å². The molecule has 0 spiro atoms. The summed E-state index contributed by atoms with van der Waals surface area (Å²) in [5, 5.41) is 2.59. The molecule has 30 heavy (non-hydrogen) atoms. The minimum absolute atomic E-state index is 0.0149. The van der Waals surface area contributed by atoms with E-state index in [0.29, 0.717) is 13.0 Å². The van der Waals surface area contributed by atoms with Gasteiger partial charge in [-0.25, -0.2) is 14.0 Å². The zero-order valence-corrected chi connectivity index (χ0v) is 17.1. The van der Waals surface area contributed by atoms with Gasteiger partial charge in [0.05, 0.1) is 6.04 Å². The summed E-state index contributed by atoms with van der Waals surface area (Å²) in [6.45, 7) is 2.05. The predicted octanol–water partition coefficient (Wildman–Crippen LogP) is 4.44. The average molecular weight is 414 g/mol. The van der Waals surface area contributed by atoms with Crippen LogP contribution in [0.5, 0.6) is 0 Å². The fraction of sp³-hybridized carbons (Fsp3) is 0.391. The quantitative estimate of drug-likeness (QED) is 0.785. The molecule has 1 fully saturated rings. The number of rotatable bonds is 5.